The molecule has 0 aromatic carbocycles. The molecule has 7 nitrogen and oxygen atoms in total. The zero-order chi connectivity index (χ0) is 10.3. The molecule has 3 amide bonds. The van der Waals surface area contributed by atoms with Crippen LogP contribution in [0.15, 0.2) is 0 Å². The molecule has 0 saturated heterocycles. The van der Waals surface area contributed by atoms with Gasteiger partial charge in [-0.15, -0.1) is 0 Å². The number of rotatable bonds is 5. The predicted molar refractivity (Wildman–Crippen MR) is 43.7 cm³/mol. The fourth-order valence-electron chi connectivity index (χ4n) is 0.598. The lowest BCUT2D eigenvalue weighted by atomic mass is 10.4. The van der Waals surface area contributed by atoms with E-state index in [4.69, 9.17) is 10.2 Å². The largest absolute Gasteiger partial charge is 0.394 e. The van der Waals surface area contributed by atoms with Crippen molar-refractivity contribution in [3.8, 4) is 0 Å². The van der Waals surface area contributed by atoms with Crippen molar-refractivity contribution in [2.75, 3.05) is 19.7 Å². The number of nitrogens with one attached hydrogen (secondary N) is 2. The molecule has 0 aliphatic carbocycles. The zero-order valence-corrected chi connectivity index (χ0v) is 6.99. The summed E-state index contributed by atoms with van der Waals surface area (Å²) in [4.78, 5) is 20.8. The summed E-state index contributed by atoms with van der Waals surface area (Å²) >= 11 is 0. The number of imide groups is 1. The summed E-state index contributed by atoms with van der Waals surface area (Å²) in [6.07, 6.45) is -0.915. The first-order valence-corrected chi connectivity index (χ1v) is 3.65. The summed E-state index contributed by atoms with van der Waals surface area (Å²) in [5.74, 6) is -0.586. The molecule has 0 fully saturated rings. The summed E-state index contributed by atoms with van der Waals surface area (Å²) in [6.45, 7) is -0.451. The van der Waals surface area contributed by atoms with Crippen LogP contribution in [0.3, 0.4) is 0 Å². The summed E-state index contributed by atoms with van der Waals surface area (Å²) in [5.41, 5.74) is 4.66. The summed E-state index contributed by atoms with van der Waals surface area (Å²) in [5, 5.41) is 21.5. The molecule has 0 heterocycles. The van der Waals surface area contributed by atoms with Crippen LogP contribution in [-0.2, 0) is 4.79 Å². The van der Waals surface area contributed by atoms with Gasteiger partial charge in [0, 0.05) is 6.54 Å². The van der Waals surface area contributed by atoms with E-state index in [1.807, 2.05) is 5.32 Å². The summed E-state index contributed by atoms with van der Waals surface area (Å²) in [6, 6.07) is -0.922. The molecule has 6 N–H and O–H groups in total. The van der Waals surface area contributed by atoms with Crippen LogP contribution in [0.25, 0.3) is 0 Å². The van der Waals surface area contributed by atoms with E-state index in [2.05, 4.69) is 11.1 Å². The number of carbonyl (C=O) groups is 2. The second kappa shape index (κ2) is 6.35. The fraction of sp³-hybridized carbons (Fsp3) is 0.667. The Hall–Kier alpha value is -1.18. The van der Waals surface area contributed by atoms with Gasteiger partial charge in [0.15, 0.2) is 0 Å². The maximum Gasteiger partial charge on any atom is 0.318 e. The lowest BCUT2D eigenvalue weighted by molar-refractivity contribution is -0.119. The maximum absolute atomic E-state index is 10.7. The Balaban J connectivity index is 3.42. The van der Waals surface area contributed by atoms with Crippen LogP contribution in [0.5, 0.6) is 0 Å². The number of primary amides is 1. The third-order valence-electron chi connectivity index (χ3n) is 1.14. The number of amides is 3. The molecule has 0 spiro atoms. The number of aliphatic hydroxyl groups is 2. The smallest absolute Gasteiger partial charge is 0.318 e. The lowest BCUT2D eigenvalue weighted by Gasteiger charge is -2.07. The Morgan fingerprint density at radius 3 is 2.54 bits per heavy atom. The quantitative estimate of drug-likeness (QED) is 0.319. The minimum atomic E-state index is -0.922. The second-order valence-electron chi connectivity index (χ2n) is 2.38. The number of aliphatic hydroxyl groups excluding tert-OH is 2. The number of nitrogens with two attached hydrogens (primary N) is 1. The van der Waals surface area contributed by atoms with E-state index >= 15 is 0 Å². The first-order chi connectivity index (χ1) is 6.06. The molecule has 0 bridgehead atoms. The number of hydrogen-bond acceptors (Lipinski definition) is 5. The van der Waals surface area contributed by atoms with Crippen molar-refractivity contribution in [2.45, 2.75) is 6.10 Å². The summed E-state index contributed by atoms with van der Waals surface area (Å²) in [7, 11) is 0. The van der Waals surface area contributed by atoms with Crippen molar-refractivity contribution in [1.82, 2.24) is 10.6 Å². The molecule has 13 heavy (non-hydrogen) atoms. The van der Waals surface area contributed by atoms with Gasteiger partial charge in [0.1, 0.15) is 0 Å². The molecule has 0 aliphatic heterocycles. The molecular formula is C6H13N3O4. The van der Waals surface area contributed by atoms with Crippen LogP contribution in [0.1, 0.15) is 0 Å². The molecule has 0 rings (SSSR count). The third kappa shape index (κ3) is 7.19. The molecule has 76 valence electrons. The first kappa shape index (κ1) is 11.8. The molecular weight excluding hydrogens is 178 g/mol. The highest BCUT2D eigenvalue weighted by Crippen LogP contribution is 1.75. The predicted octanol–water partition coefficient (Wildman–Crippen LogP) is -2.88. The Morgan fingerprint density at radius 2 is 2.08 bits per heavy atom. The van der Waals surface area contributed by atoms with Crippen molar-refractivity contribution in [3.63, 3.8) is 0 Å². The van der Waals surface area contributed by atoms with Gasteiger partial charge < -0.3 is 21.3 Å². The number of hydrogen-bond donors (Lipinski definition) is 5. The van der Waals surface area contributed by atoms with E-state index in [1.165, 1.54) is 0 Å². The second-order valence-corrected chi connectivity index (χ2v) is 2.38. The fourth-order valence-corrected chi connectivity index (χ4v) is 0.598. The normalized spacial score (nSPS) is 12.2. The van der Waals surface area contributed by atoms with E-state index in [9.17, 15) is 9.59 Å². The minimum Gasteiger partial charge on any atom is -0.394 e. The van der Waals surface area contributed by atoms with E-state index in [1.54, 1.807) is 0 Å². The summed E-state index contributed by atoms with van der Waals surface area (Å²) < 4.78 is 0. The highest BCUT2D eigenvalue weighted by molar-refractivity contribution is 5.94. The van der Waals surface area contributed by atoms with Gasteiger partial charge in [-0.3, -0.25) is 10.1 Å². The highest BCUT2D eigenvalue weighted by Gasteiger charge is 2.05. The zero-order valence-electron chi connectivity index (χ0n) is 6.99. The number of carbonyl (C=O) groups excluding carboxylic acids is 2. The molecule has 0 saturated carbocycles. The van der Waals surface area contributed by atoms with Crippen molar-refractivity contribution in [2.24, 2.45) is 5.73 Å². The van der Waals surface area contributed by atoms with E-state index in [-0.39, 0.29) is 19.7 Å². The van der Waals surface area contributed by atoms with Gasteiger partial charge in [-0.1, -0.05) is 0 Å². The average Bonchev–Trinajstić information content (AvgIpc) is 2.02. The molecule has 0 radical (unpaired) electrons. The van der Waals surface area contributed by atoms with Gasteiger partial charge in [0.05, 0.1) is 19.3 Å². The van der Waals surface area contributed by atoms with Crippen molar-refractivity contribution < 1.29 is 19.8 Å². The van der Waals surface area contributed by atoms with Crippen LogP contribution < -0.4 is 16.4 Å². The monoisotopic (exact) mass is 191 g/mol. The SMILES string of the molecule is NC(=O)NC(=O)CNCC(O)CO. The van der Waals surface area contributed by atoms with Gasteiger partial charge in [-0.25, -0.2) is 4.79 Å². The molecule has 7 heteroatoms. The van der Waals surface area contributed by atoms with Crippen molar-refractivity contribution in [1.29, 1.82) is 0 Å². The van der Waals surface area contributed by atoms with Crippen LogP contribution in [-0.4, -0.2) is 48.0 Å². The third-order valence-corrected chi connectivity index (χ3v) is 1.14. The van der Waals surface area contributed by atoms with Gasteiger partial charge in [0.25, 0.3) is 0 Å². The van der Waals surface area contributed by atoms with Gasteiger partial charge in [0.2, 0.25) is 5.91 Å². The maximum atomic E-state index is 10.7. The highest BCUT2D eigenvalue weighted by atomic mass is 16.3. The van der Waals surface area contributed by atoms with Crippen molar-refractivity contribution >= 4 is 11.9 Å². The van der Waals surface area contributed by atoms with Crippen LogP contribution in [0.4, 0.5) is 4.79 Å². The Morgan fingerprint density at radius 1 is 1.46 bits per heavy atom. The van der Waals surface area contributed by atoms with Crippen LogP contribution >= 0.6 is 0 Å². The first-order valence-electron chi connectivity index (χ1n) is 3.65. The lowest BCUT2D eigenvalue weighted by Crippen LogP contribution is -2.42. The molecule has 0 aromatic rings. The number of urea groups is 1. The topological polar surface area (TPSA) is 125 Å². The van der Waals surface area contributed by atoms with Crippen LogP contribution in [0.2, 0.25) is 0 Å². The van der Waals surface area contributed by atoms with Gasteiger partial charge in [-0.05, 0) is 0 Å². The minimum absolute atomic E-state index is 0.0721. The van der Waals surface area contributed by atoms with Gasteiger partial charge in [-0.2, -0.15) is 0 Å². The molecule has 0 aliphatic rings. The molecule has 1 unspecified atom stereocenters. The van der Waals surface area contributed by atoms with E-state index in [0.29, 0.717) is 0 Å². The Labute approximate surface area is 74.9 Å². The Bertz CT molecular complexity index is 185. The van der Waals surface area contributed by atoms with Crippen LogP contribution in [0, 0.1) is 0 Å². The van der Waals surface area contributed by atoms with E-state index in [0.717, 1.165) is 0 Å². The van der Waals surface area contributed by atoms with Crippen molar-refractivity contribution in [3.05, 3.63) is 0 Å². The molecule has 0 aromatic heterocycles. The Kier molecular flexibility index (Phi) is 5.77. The standard InChI is InChI=1S/C6H13N3O4/c7-6(13)9-5(12)2-8-1-4(11)3-10/h4,8,10-11H,1-3H2,(H3,7,9,12,13). The molecule has 1 atom stereocenters. The van der Waals surface area contributed by atoms with E-state index < -0.39 is 18.0 Å². The van der Waals surface area contributed by atoms with Gasteiger partial charge >= 0.3 is 6.03 Å². The average molecular weight is 191 g/mol.